The van der Waals surface area contributed by atoms with Gasteiger partial charge in [-0.05, 0) is 12.1 Å². The lowest BCUT2D eigenvalue weighted by Gasteiger charge is -2.07. The van der Waals surface area contributed by atoms with E-state index in [0.29, 0.717) is 12.2 Å². The standard InChI is InChI=1S/C18H15FN4O2S2/c19-15-8-4-5-9-16(15)27(24,25)20-11-10-14-12-26-18-21-17(22-23(14)18)13-6-2-1-3-7-13/h1-9,12,20H,10-11H2. The van der Waals surface area contributed by atoms with Gasteiger partial charge in [-0.15, -0.1) is 16.4 Å². The van der Waals surface area contributed by atoms with Crippen LogP contribution in [0.5, 0.6) is 0 Å². The fourth-order valence-electron chi connectivity index (χ4n) is 2.66. The van der Waals surface area contributed by atoms with Crippen LogP contribution in [0.4, 0.5) is 4.39 Å². The Labute approximate surface area is 159 Å². The summed E-state index contributed by atoms with van der Waals surface area (Å²) in [4.78, 5) is 4.88. The molecule has 0 atom stereocenters. The van der Waals surface area contributed by atoms with Gasteiger partial charge in [0.05, 0.1) is 5.69 Å². The topological polar surface area (TPSA) is 76.4 Å². The zero-order chi connectivity index (χ0) is 18.9. The lowest BCUT2D eigenvalue weighted by Crippen LogP contribution is -2.27. The first-order chi connectivity index (χ1) is 13.0. The third-order valence-electron chi connectivity index (χ3n) is 3.98. The van der Waals surface area contributed by atoms with E-state index >= 15 is 0 Å². The molecular formula is C18H15FN4O2S2. The van der Waals surface area contributed by atoms with E-state index in [9.17, 15) is 12.8 Å². The second-order valence-electron chi connectivity index (χ2n) is 5.80. The minimum Gasteiger partial charge on any atom is -0.211 e. The van der Waals surface area contributed by atoms with E-state index < -0.39 is 15.8 Å². The number of sulfonamides is 1. The predicted molar refractivity (Wildman–Crippen MR) is 102 cm³/mol. The molecular weight excluding hydrogens is 387 g/mol. The Bertz CT molecular complexity index is 1190. The Balaban J connectivity index is 1.50. The zero-order valence-corrected chi connectivity index (χ0v) is 15.7. The van der Waals surface area contributed by atoms with Gasteiger partial charge in [0.1, 0.15) is 10.7 Å². The van der Waals surface area contributed by atoms with Crippen LogP contribution in [-0.4, -0.2) is 29.6 Å². The molecule has 4 aromatic rings. The Hall–Kier alpha value is -2.62. The molecule has 9 heteroatoms. The highest BCUT2D eigenvalue weighted by Crippen LogP contribution is 2.21. The van der Waals surface area contributed by atoms with Crippen LogP contribution < -0.4 is 4.72 Å². The second-order valence-corrected chi connectivity index (χ2v) is 8.37. The third kappa shape index (κ3) is 3.61. The molecule has 27 heavy (non-hydrogen) atoms. The van der Waals surface area contributed by atoms with Gasteiger partial charge in [0.2, 0.25) is 15.0 Å². The summed E-state index contributed by atoms with van der Waals surface area (Å²) in [5.74, 6) is -0.151. The maximum Gasteiger partial charge on any atom is 0.243 e. The minimum absolute atomic E-state index is 0.128. The Kier molecular flexibility index (Phi) is 4.73. The molecule has 2 aromatic carbocycles. The summed E-state index contributed by atoms with van der Waals surface area (Å²) in [6.07, 6.45) is 0.408. The van der Waals surface area contributed by atoms with Gasteiger partial charge in [0, 0.05) is 23.9 Å². The fraction of sp³-hybridized carbons (Fsp3) is 0.111. The quantitative estimate of drug-likeness (QED) is 0.538. The number of aromatic nitrogens is 3. The molecule has 0 amide bonds. The van der Waals surface area contributed by atoms with Crippen molar-refractivity contribution in [1.29, 1.82) is 0 Å². The number of nitrogens with zero attached hydrogens (tertiary/aromatic N) is 3. The molecule has 0 aliphatic heterocycles. The van der Waals surface area contributed by atoms with Crippen molar-refractivity contribution in [2.45, 2.75) is 11.3 Å². The number of halogens is 1. The molecule has 4 rings (SSSR count). The number of hydrogen-bond donors (Lipinski definition) is 1. The van der Waals surface area contributed by atoms with Gasteiger partial charge in [-0.3, -0.25) is 0 Å². The number of rotatable bonds is 6. The zero-order valence-electron chi connectivity index (χ0n) is 14.0. The van der Waals surface area contributed by atoms with Crippen LogP contribution >= 0.6 is 11.3 Å². The summed E-state index contributed by atoms with van der Waals surface area (Å²) in [7, 11) is -3.90. The number of fused-ring (bicyclic) bond motifs is 1. The normalized spacial score (nSPS) is 11.9. The summed E-state index contributed by atoms with van der Waals surface area (Å²) in [5.41, 5.74) is 1.75. The average Bonchev–Trinajstić information content (AvgIpc) is 3.24. The molecule has 0 aliphatic carbocycles. The molecule has 138 valence electrons. The minimum atomic E-state index is -3.90. The van der Waals surface area contributed by atoms with E-state index in [2.05, 4.69) is 14.8 Å². The van der Waals surface area contributed by atoms with E-state index in [1.807, 2.05) is 35.7 Å². The van der Waals surface area contributed by atoms with Gasteiger partial charge >= 0.3 is 0 Å². The van der Waals surface area contributed by atoms with E-state index in [1.54, 1.807) is 4.52 Å². The first-order valence-electron chi connectivity index (χ1n) is 8.17. The lowest BCUT2D eigenvalue weighted by molar-refractivity contribution is 0.556. The Morgan fingerprint density at radius 3 is 2.59 bits per heavy atom. The van der Waals surface area contributed by atoms with Crippen molar-refractivity contribution < 1.29 is 12.8 Å². The van der Waals surface area contributed by atoms with Gasteiger partial charge in [-0.1, -0.05) is 42.5 Å². The number of thiazole rings is 1. The molecule has 2 heterocycles. The number of benzene rings is 2. The van der Waals surface area contributed by atoms with Crippen molar-refractivity contribution in [3.63, 3.8) is 0 Å². The number of hydrogen-bond acceptors (Lipinski definition) is 5. The van der Waals surface area contributed by atoms with Gasteiger partial charge in [-0.2, -0.15) is 4.98 Å². The highest BCUT2D eigenvalue weighted by molar-refractivity contribution is 7.89. The molecule has 0 aliphatic rings. The highest BCUT2D eigenvalue weighted by atomic mass is 32.2. The highest BCUT2D eigenvalue weighted by Gasteiger charge is 2.18. The molecule has 1 N–H and O–H groups in total. The van der Waals surface area contributed by atoms with Gasteiger partial charge in [0.15, 0.2) is 5.82 Å². The second kappa shape index (κ2) is 7.18. The van der Waals surface area contributed by atoms with Crippen LogP contribution in [0.25, 0.3) is 16.3 Å². The monoisotopic (exact) mass is 402 g/mol. The van der Waals surface area contributed by atoms with E-state index in [-0.39, 0.29) is 11.4 Å². The van der Waals surface area contributed by atoms with Crippen LogP contribution in [0, 0.1) is 5.82 Å². The van der Waals surface area contributed by atoms with Crippen molar-refractivity contribution in [1.82, 2.24) is 19.3 Å². The average molecular weight is 402 g/mol. The van der Waals surface area contributed by atoms with Crippen molar-refractivity contribution in [2.24, 2.45) is 0 Å². The van der Waals surface area contributed by atoms with Crippen molar-refractivity contribution in [3.05, 3.63) is 71.5 Å². The first-order valence-corrected chi connectivity index (χ1v) is 10.5. The van der Waals surface area contributed by atoms with Gasteiger partial charge in [0.25, 0.3) is 0 Å². The predicted octanol–water partition coefficient (Wildman–Crippen LogP) is 3.12. The molecule has 0 bridgehead atoms. The summed E-state index contributed by atoms with van der Waals surface area (Å²) < 4.78 is 42.4. The van der Waals surface area contributed by atoms with Crippen LogP contribution in [0.1, 0.15) is 5.69 Å². The summed E-state index contributed by atoms with van der Waals surface area (Å²) in [6, 6.07) is 14.9. The summed E-state index contributed by atoms with van der Waals surface area (Å²) in [6.45, 7) is 0.128. The van der Waals surface area contributed by atoms with Crippen LogP contribution in [0.2, 0.25) is 0 Å². The van der Waals surface area contributed by atoms with Crippen molar-refractivity contribution in [2.75, 3.05) is 6.54 Å². The molecule has 2 aromatic heterocycles. The molecule has 0 saturated carbocycles. The molecule has 0 radical (unpaired) electrons. The molecule has 6 nitrogen and oxygen atoms in total. The molecule has 0 unspecified atom stereocenters. The summed E-state index contributed by atoms with van der Waals surface area (Å²) in [5, 5.41) is 6.40. The summed E-state index contributed by atoms with van der Waals surface area (Å²) >= 11 is 1.44. The number of nitrogens with one attached hydrogen (secondary N) is 1. The maximum atomic E-state index is 13.7. The van der Waals surface area contributed by atoms with Crippen LogP contribution in [0.3, 0.4) is 0 Å². The van der Waals surface area contributed by atoms with Gasteiger partial charge < -0.3 is 0 Å². The first kappa shape index (κ1) is 17.8. The lowest BCUT2D eigenvalue weighted by atomic mass is 10.2. The Morgan fingerprint density at radius 2 is 1.81 bits per heavy atom. The van der Waals surface area contributed by atoms with Gasteiger partial charge in [-0.25, -0.2) is 22.0 Å². The maximum absolute atomic E-state index is 13.7. The smallest absolute Gasteiger partial charge is 0.211 e. The fourth-order valence-corrected chi connectivity index (χ4v) is 4.63. The van der Waals surface area contributed by atoms with Crippen molar-refractivity contribution in [3.8, 4) is 11.4 Å². The SMILES string of the molecule is O=S(=O)(NCCc1csc2nc(-c3ccccc3)nn12)c1ccccc1F. The van der Waals surface area contributed by atoms with E-state index in [0.717, 1.165) is 22.3 Å². The Morgan fingerprint density at radius 1 is 1.07 bits per heavy atom. The van der Waals surface area contributed by atoms with Crippen LogP contribution in [-0.2, 0) is 16.4 Å². The van der Waals surface area contributed by atoms with Crippen molar-refractivity contribution >= 4 is 26.3 Å². The van der Waals surface area contributed by atoms with E-state index in [1.165, 1.54) is 29.5 Å². The van der Waals surface area contributed by atoms with E-state index in [4.69, 9.17) is 0 Å². The largest absolute Gasteiger partial charge is 0.243 e. The molecule has 0 saturated heterocycles. The third-order valence-corrected chi connectivity index (χ3v) is 6.34. The molecule has 0 fully saturated rings. The van der Waals surface area contributed by atoms with Crippen LogP contribution in [0.15, 0.2) is 64.9 Å². The molecule has 0 spiro atoms.